The standard InChI is InChI=1S/C27H24N6O4/c1-3-4-12-22-29-25(34)24(27(35)33(22)16(2)18-9-7-8-17(13-18)15-28)26-31-30-23(36-26)14-20-19-10-5-6-11-21(19)37-32-20/h5-11,13,16,34H,3-4,12,14H2,1-2H3/t16-/m0/s1. The summed E-state index contributed by atoms with van der Waals surface area (Å²) in [6.45, 7) is 3.89. The van der Waals surface area contributed by atoms with Crippen molar-refractivity contribution in [1.82, 2.24) is 24.9 Å². The minimum Gasteiger partial charge on any atom is -0.493 e. The molecule has 5 rings (SSSR count). The second kappa shape index (κ2) is 10.1. The fourth-order valence-corrected chi connectivity index (χ4v) is 4.32. The Morgan fingerprint density at radius 2 is 2.00 bits per heavy atom. The number of aromatic hydroxyl groups is 1. The van der Waals surface area contributed by atoms with Crippen LogP contribution in [0.1, 0.15) is 61.3 Å². The lowest BCUT2D eigenvalue weighted by molar-refractivity contribution is 0.429. The quantitative estimate of drug-likeness (QED) is 0.327. The van der Waals surface area contributed by atoms with Gasteiger partial charge in [-0.05, 0) is 43.2 Å². The van der Waals surface area contributed by atoms with Crippen molar-refractivity contribution in [3.8, 4) is 23.4 Å². The van der Waals surface area contributed by atoms with Crippen LogP contribution >= 0.6 is 0 Å². The zero-order valence-electron chi connectivity index (χ0n) is 20.4. The van der Waals surface area contributed by atoms with E-state index < -0.39 is 17.5 Å². The number of nitrogens with zero attached hydrogens (tertiary/aromatic N) is 6. The van der Waals surface area contributed by atoms with E-state index in [9.17, 15) is 15.2 Å². The van der Waals surface area contributed by atoms with Gasteiger partial charge in [0.2, 0.25) is 11.8 Å². The SMILES string of the molecule is CCCCc1nc(O)c(-c2nnc(Cc3noc4ccccc34)o2)c(=O)n1[C@@H](C)c1cccc(C#N)c1. The van der Waals surface area contributed by atoms with Gasteiger partial charge in [0.15, 0.2) is 11.1 Å². The summed E-state index contributed by atoms with van der Waals surface area (Å²) in [5.74, 6) is 0.0555. The lowest BCUT2D eigenvalue weighted by Crippen LogP contribution is -2.30. The van der Waals surface area contributed by atoms with Crippen LogP contribution in [-0.4, -0.2) is 30.0 Å². The van der Waals surface area contributed by atoms with Crippen LogP contribution in [0.2, 0.25) is 0 Å². The third-order valence-corrected chi connectivity index (χ3v) is 6.26. The second-order valence-electron chi connectivity index (χ2n) is 8.72. The van der Waals surface area contributed by atoms with Crippen LogP contribution in [0, 0.1) is 11.3 Å². The number of aryl methyl sites for hydroxylation is 1. The molecule has 1 atom stereocenters. The van der Waals surface area contributed by atoms with Gasteiger partial charge in [0.05, 0.1) is 24.1 Å². The normalized spacial score (nSPS) is 12.0. The highest BCUT2D eigenvalue weighted by molar-refractivity contribution is 5.79. The highest BCUT2D eigenvalue weighted by Gasteiger charge is 2.26. The number of fused-ring (bicyclic) bond motifs is 1. The van der Waals surface area contributed by atoms with E-state index in [4.69, 9.17) is 8.94 Å². The van der Waals surface area contributed by atoms with Crippen molar-refractivity contribution in [2.45, 2.75) is 45.6 Å². The van der Waals surface area contributed by atoms with E-state index in [1.807, 2.05) is 44.2 Å². The average molecular weight is 497 g/mol. The minimum atomic E-state index is -0.504. The minimum absolute atomic E-state index is 0.133. The molecule has 0 aliphatic carbocycles. The molecule has 2 aromatic carbocycles. The van der Waals surface area contributed by atoms with E-state index in [2.05, 4.69) is 26.4 Å². The fraction of sp³-hybridized carbons (Fsp3) is 0.259. The van der Waals surface area contributed by atoms with Gasteiger partial charge in [-0.25, -0.2) is 0 Å². The molecule has 3 aromatic heterocycles. The van der Waals surface area contributed by atoms with Crippen LogP contribution in [-0.2, 0) is 12.8 Å². The number of benzene rings is 2. The summed E-state index contributed by atoms with van der Waals surface area (Å²) in [6, 6.07) is 16.2. The largest absolute Gasteiger partial charge is 0.493 e. The van der Waals surface area contributed by atoms with Crippen LogP contribution in [0.3, 0.4) is 0 Å². The van der Waals surface area contributed by atoms with Crippen molar-refractivity contribution in [3.63, 3.8) is 0 Å². The summed E-state index contributed by atoms with van der Waals surface area (Å²) in [4.78, 5) is 18.1. The Hall–Kier alpha value is -4.78. The average Bonchev–Trinajstić information content (AvgIpc) is 3.54. The molecular formula is C27H24N6O4. The highest BCUT2D eigenvalue weighted by atomic mass is 16.5. The summed E-state index contributed by atoms with van der Waals surface area (Å²) >= 11 is 0. The molecule has 0 saturated heterocycles. The number of aromatic nitrogens is 5. The van der Waals surface area contributed by atoms with Crippen molar-refractivity contribution in [3.05, 3.63) is 87.4 Å². The molecule has 10 nitrogen and oxygen atoms in total. The molecular weight excluding hydrogens is 472 g/mol. The molecule has 0 fully saturated rings. The number of para-hydroxylation sites is 1. The Morgan fingerprint density at radius 3 is 2.81 bits per heavy atom. The first-order chi connectivity index (χ1) is 18.0. The summed E-state index contributed by atoms with van der Waals surface area (Å²) in [5.41, 5.74) is 1.83. The Balaban J connectivity index is 1.56. The zero-order chi connectivity index (χ0) is 25.9. The fourth-order valence-electron chi connectivity index (χ4n) is 4.32. The predicted molar refractivity (Wildman–Crippen MR) is 134 cm³/mol. The molecule has 0 radical (unpaired) electrons. The van der Waals surface area contributed by atoms with E-state index in [1.165, 1.54) is 4.57 Å². The molecule has 0 amide bonds. The first-order valence-corrected chi connectivity index (χ1v) is 12.0. The Bertz CT molecular complexity index is 1680. The number of rotatable bonds is 8. The van der Waals surface area contributed by atoms with Gasteiger partial charge < -0.3 is 14.0 Å². The van der Waals surface area contributed by atoms with Gasteiger partial charge in [0, 0.05) is 11.8 Å². The smallest absolute Gasteiger partial charge is 0.270 e. The molecule has 3 heterocycles. The van der Waals surface area contributed by atoms with Crippen LogP contribution in [0.4, 0.5) is 0 Å². The number of hydrogen-bond acceptors (Lipinski definition) is 9. The second-order valence-corrected chi connectivity index (χ2v) is 8.72. The lowest BCUT2D eigenvalue weighted by atomic mass is 10.0. The summed E-state index contributed by atoms with van der Waals surface area (Å²) < 4.78 is 12.6. The van der Waals surface area contributed by atoms with E-state index in [0.29, 0.717) is 29.1 Å². The first-order valence-electron chi connectivity index (χ1n) is 12.0. The van der Waals surface area contributed by atoms with E-state index in [0.717, 1.165) is 23.8 Å². The molecule has 0 saturated carbocycles. The van der Waals surface area contributed by atoms with Crippen LogP contribution < -0.4 is 5.56 Å². The third kappa shape index (κ3) is 4.59. The van der Waals surface area contributed by atoms with Crippen molar-refractivity contribution in [2.24, 2.45) is 0 Å². The number of hydrogen-bond donors (Lipinski definition) is 1. The molecule has 5 aromatic rings. The molecule has 37 heavy (non-hydrogen) atoms. The number of unbranched alkanes of at least 4 members (excludes halogenated alkanes) is 1. The highest BCUT2D eigenvalue weighted by Crippen LogP contribution is 2.28. The Labute approximate surface area is 211 Å². The van der Waals surface area contributed by atoms with Crippen LogP contribution in [0.25, 0.3) is 22.4 Å². The van der Waals surface area contributed by atoms with Crippen LogP contribution in [0.5, 0.6) is 5.88 Å². The molecule has 1 N–H and O–H groups in total. The third-order valence-electron chi connectivity index (χ3n) is 6.26. The van der Waals surface area contributed by atoms with Gasteiger partial charge in [0.1, 0.15) is 11.5 Å². The molecule has 10 heteroatoms. The van der Waals surface area contributed by atoms with E-state index in [-0.39, 0.29) is 23.8 Å². The molecule has 0 unspecified atom stereocenters. The maximum Gasteiger partial charge on any atom is 0.270 e. The van der Waals surface area contributed by atoms with Crippen molar-refractivity contribution in [2.75, 3.05) is 0 Å². The van der Waals surface area contributed by atoms with Crippen LogP contribution in [0.15, 0.2) is 62.3 Å². The Kier molecular flexibility index (Phi) is 6.51. The number of nitriles is 1. The van der Waals surface area contributed by atoms with Gasteiger partial charge in [-0.2, -0.15) is 10.2 Å². The topological polar surface area (TPSA) is 144 Å². The maximum atomic E-state index is 13.8. The van der Waals surface area contributed by atoms with Crippen molar-refractivity contribution >= 4 is 11.0 Å². The van der Waals surface area contributed by atoms with Crippen molar-refractivity contribution in [1.29, 1.82) is 5.26 Å². The maximum absolute atomic E-state index is 13.8. The monoisotopic (exact) mass is 496 g/mol. The van der Waals surface area contributed by atoms with Gasteiger partial charge in [-0.15, -0.1) is 10.2 Å². The molecule has 0 spiro atoms. The molecule has 0 bridgehead atoms. The van der Waals surface area contributed by atoms with Gasteiger partial charge in [-0.1, -0.05) is 42.8 Å². The molecule has 186 valence electrons. The first kappa shape index (κ1) is 23.9. The van der Waals surface area contributed by atoms with Gasteiger partial charge in [-0.3, -0.25) is 9.36 Å². The zero-order valence-corrected chi connectivity index (χ0v) is 20.4. The lowest BCUT2D eigenvalue weighted by Gasteiger charge is -2.20. The summed E-state index contributed by atoms with van der Waals surface area (Å²) in [5, 5.41) is 33.1. The summed E-state index contributed by atoms with van der Waals surface area (Å²) in [6.07, 6.45) is 2.36. The van der Waals surface area contributed by atoms with E-state index in [1.54, 1.807) is 18.2 Å². The predicted octanol–water partition coefficient (Wildman–Crippen LogP) is 4.55. The van der Waals surface area contributed by atoms with E-state index >= 15 is 0 Å². The Morgan fingerprint density at radius 1 is 1.16 bits per heavy atom. The van der Waals surface area contributed by atoms with Gasteiger partial charge in [0.25, 0.3) is 11.4 Å². The molecule has 0 aliphatic heterocycles. The van der Waals surface area contributed by atoms with Gasteiger partial charge >= 0.3 is 0 Å². The molecule has 0 aliphatic rings. The van der Waals surface area contributed by atoms with Crippen molar-refractivity contribution < 1.29 is 14.0 Å². The summed E-state index contributed by atoms with van der Waals surface area (Å²) in [7, 11) is 0.